The van der Waals surface area contributed by atoms with Crippen molar-refractivity contribution in [3.8, 4) is 0 Å². The Hall–Kier alpha value is -2.21. The Morgan fingerprint density at radius 3 is 2.39 bits per heavy atom. The highest BCUT2D eigenvalue weighted by atomic mass is 16.5. The molecule has 3 heterocycles. The van der Waals surface area contributed by atoms with E-state index in [9.17, 15) is 14.4 Å². The number of amides is 1. The summed E-state index contributed by atoms with van der Waals surface area (Å²) < 4.78 is 5.20. The quantitative estimate of drug-likeness (QED) is 0.534. The number of carbonyl (C=O) groups excluding carboxylic acids is 3. The first-order chi connectivity index (χ1) is 14.9. The standard InChI is InChI=1S/C25H34N2O4/c1-17-8-7-9-18(2)27(17)23(29)15-25(24(30)31-3)21-13-12-20(14-22(25)28)26(21)16-19-10-5-4-6-11-19/h4-6,10-11,17-18,20-21H,7-9,12-16H2,1-3H3/t17-,18-,20-,21+,25+/m1/s1. The van der Waals surface area contributed by atoms with Gasteiger partial charge in [-0.15, -0.1) is 0 Å². The normalized spacial score (nSPS) is 33.4. The van der Waals surface area contributed by atoms with Crippen molar-refractivity contribution in [2.75, 3.05) is 7.11 Å². The van der Waals surface area contributed by atoms with Crippen LogP contribution in [0.25, 0.3) is 0 Å². The monoisotopic (exact) mass is 426 g/mol. The Labute approximate surface area is 184 Å². The van der Waals surface area contributed by atoms with Crippen LogP contribution < -0.4 is 0 Å². The second kappa shape index (κ2) is 8.73. The topological polar surface area (TPSA) is 66.9 Å². The van der Waals surface area contributed by atoms with Crippen LogP contribution in [0.15, 0.2) is 30.3 Å². The van der Waals surface area contributed by atoms with E-state index in [1.165, 1.54) is 7.11 Å². The molecule has 5 atom stereocenters. The molecule has 0 aromatic heterocycles. The summed E-state index contributed by atoms with van der Waals surface area (Å²) >= 11 is 0. The van der Waals surface area contributed by atoms with Gasteiger partial charge in [-0.3, -0.25) is 19.3 Å². The molecule has 0 saturated carbocycles. The zero-order valence-corrected chi connectivity index (χ0v) is 18.9. The van der Waals surface area contributed by atoms with Crippen LogP contribution in [0.2, 0.25) is 0 Å². The maximum absolute atomic E-state index is 13.5. The number of piperidine rings is 2. The number of ketones is 1. The molecule has 0 radical (unpaired) electrons. The summed E-state index contributed by atoms with van der Waals surface area (Å²) in [6.07, 6.45) is 4.83. The number of rotatable bonds is 5. The number of ether oxygens (including phenoxy) is 1. The Bertz CT molecular complexity index is 831. The third-order valence-corrected chi connectivity index (χ3v) is 7.80. The fraction of sp³-hybridized carbons (Fsp3) is 0.640. The highest BCUT2D eigenvalue weighted by Gasteiger charge is 2.62. The maximum atomic E-state index is 13.5. The average Bonchev–Trinajstić information content (AvgIpc) is 3.07. The maximum Gasteiger partial charge on any atom is 0.321 e. The van der Waals surface area contributed by atoms with Crippen LogP contribution in [0.4, 0.5) is 0 Å². The predicted molar refractivity (Wildman–Crippen MR) is 117 cm³/mol. The number of carbonyl (C=O) groups is 3. The van der Waals surface area contributed by atoms with Crippen LogP contribution in [0, 0.1) is 5.41 Å². The van der Waals surface area contributed by atoms with E-state index in [0.717, 1.165) is 37.7 Å². The molecule has 0 aliphatic carbocycles. The van der Waals surface area contributed by atoms with Gasteiger partial charge < -0.3 is 9.64 Å². The lowest BCUT2D eigenvalue weighted by Gasteiger charge is -2.47. The molecule has 0 unspecified atom stereocenters. The Balaban J connectivity index is 1.66. The van der Waals surface area contributed by atoms with E-state index in [0.29, 0.717) is 13.0 Å². The van der Waals surface area contributed by atoms with Crippen LogP contribution >= 0.6 is 0 Å². The van der Waals surface area contributed by atoms with Gasteiger partial charge in [-0.05, 0) is 51.5 Å². The molecule has 6 nitrogen and oxygen atoms in total. The highest BCUT2D eigenvalue weighted by molar-refractivity contribution is 6.08. The van der Waals surface area contributed by atoms with Crippen LogP contribution in [-0.4, -0.2) is 58.7 Å². The Morgan fingerprint density at radius 2 is 1.74 bits per heavy atom. The van der Waals surface area contributed by atoms with E-state index in [1.54, 1.807) is 0 Å². The Kier molecular flexibility index (Phi) is 6.20. The van der Waals surface area contributed by atoms with Crippen molar-refractivity contribution in [1.82, 2.24) is 9.80 Å². The zero-order valence-electron chi connectivity index (χ0n) is 18.9. The van der Waals surface area contributed by atoms with Gasteiger partial charge in [-0.1, -0.05) is 30.3 Å². The summed E-state index contributed by atoms with van der Waals surface area (Å²) in [6, 6.07) is 10.2. The second-order valence-electron chi connectivity index (χ2n) is 9.60. The number of methoxy groups -OCH3 is 1. The number of Topliss-reactive ketones (excluding diaryl/α,β-unsaturated/α-hetero) is 1. The van der Waals surface area contributed by atoms with E-state index in [-0.39, 0.29) is 42.3 Å². The number of likely N-dealkylation sites (tertiary alicyclic amines) is 1. The van der Waals surface area contributed by atoms with E-state index in [1.807, 2.05) is 23.1 Å². The van der Waals surface area contributed by atoms with E-state index >= 15 is 0 Å². The summed E-state index contributed by atoms with van der Waals surface area (Å²) in [5, 5.41) is 0. The molecule has 168 valence electrons. The summed E-state index contributed by atoms with van der Waals surface area (Å²) in [7, 11) is 1.33. The van der Waals surface area contributed by atoms with Gasteiger partial charge in [0, 0.05) is 37.1 Å². The van der Waals surface area contributed by atoms with Gasteiger partial charge in [-0.2, -0.15) is 0 Å². The molecule has 3 aliphatic heterocycles. The minimum absolute atomic E-state index is 0.0874. The number of benzene rings is 1. The summed E-state index contributed by atoms with van der Waals surface area (Å²) in [5.74, 6) is -0.767. The van der Waals surface area contributed by atoms with Gasteiger partial charge in [0.25, 0.3) is 0 Å². The number of hydrogen-bond acceptors (Lipinski definition) is 5. The molecule has 4 rings (SSSR count). The first-order valence-corrected chi connectivity index (χ1v) is 11.6. The summed E-state index contributed by atoms with van der Waals surface area (Å²) in [6.45, 7) is 4.80. The lowest BCUT2D eigenvalue weighted by atomic mass is 9.69. The average molecular weight is 427 g/mol. The molecule has 1 amide bonds. The van der Waals surface area contributed by atoms with Crippen molar-refractivity contribution in [2.45, 2.75) is 89.5 Å². The molecule has 3 saturated heterocycles. The molecule has 0 N–H and O–H groups in total. The minimum Gasteiger partial charge on any atom is -0.468 e. The minimum atomic E-state index is -1.41. The fourth-order valence-corrected chi connectivity index (χ4v) is 6.26. The zero-order chi connectivity index (χ0) is 22.2. The van der Waals surface area contributed by atoms with Crippen molar-refractivity contribution >= 4 is 17.7 Å². The molecular weight excluding hydrogens is 392 g/mol. The van der Waals surface area contributed by atoms with Gasteiger partial charge in [0.15, 0.2) is 11.2 Å². The van der Waals surface area contributed by atoms with Crippen molar-refractivity contribution < 1.29 is 19.1 Å². The van der Waals surface area contributed by atoms with Crippen molar-refractivity contribution in [1.29, 1.82) is 0 Å². The molecule has 0 spiro atoms. The fourth-order valence-electron chi connectivity index (χ4n) is 6.26. The lowest BCUT2D eigenvalue weighted by molar-refractivity contribution is -0.172. The third-order valence-electron chi connectivity index (χ3n) is 7.80. The van der Waals surface area contributed by atoms with Gasteiger partial charge in [0.05, 0.1) is 13.5 Å². The largest absolute Gasteiger partial charge is 0.468 e. The molecule has 31 heavy (non-hydrogen) atoms. The highest BCUT2D eigenvalue weighted by Crippen LogP contribution is 2.48. The van der Waals surface area contributed by atoms with E-state index in [2.05, 4.69) is 30.9 Å². The van der Waals surface area contributed by atoms with Crippen LogP contribution in [0.3, 0.4) is 0 Å². The van der Waals surface area contributed by atoms with Gasteiger partial charge in [0.1, 0.15) is 0 Å². The van der Waals surface area contributed by atoms with Gasteiger partial charge >= 0.3 is 5.97 Å². The van der Waals surface area contributed by atoms with Crippen molar-refractivity contribution in [3.05, 3.63) is 35.9 Å². The van der Waals surface area contributed by atoms with Crippen molar-refractivity contribution in [3.63, 3.8) is 0 Å². The second-order valence-corrected chi connectivity index (χ2v) is 9.60. The number of hydrogen-bond donors (Lipinski definition) is 0. The molecular formula is C25H34N2O4. The summed E-state index contributed by atoms with van der Waals surface area (Å²) in [4.78, 5) is 44.4. The van der Waals surface area contributed by atoms with Gasteiger partial charge in [0.2, 0.25) is 5.91 Å². The summed E-state index contributed by atoms with van der Waals surface area (Å²) in [5.41, 5.74) is -0.262. The molecule has 1 aromatic rings. The van der Waals surface area contributed by atoms with Crippen LogP contribution in [0.5, 0.6) is 0 Å². The van der Waals surface area contributed by atoms with E-state index in [4.69, 9.17) is 4.74 Å². The molecule has 3 fully saturated rings. The first kappa shape index (κ1) is 22.0. The lowest BCUT2D eigenvalue weighted by Crippen LogP contribution is -2.62. The predicted octanol–water partition coefficient (Wildman–Crippen LogP) is 3.33. The number of esters is 1. The number of nitrogens with zero attached hydrogens (tertiary/aromatic N) is 2. The molecule has 2 bridgehead atoms. The van der Waals surface area contributed by atoms with Crippen molar-refractivity contribution in [2.24, 2.45) is 5.41 Å². The molecule has 1 aromatic carbocycles. The SMILES string of the molecule is COC(=O)[C@]1(CC(=O)N2[C@H](C)CCC[C@H]2C)C(=O)C[C@H]2CC[C@@H]1N2Cc1ccccc1. The van der Waals surface area contributed by atoms with Crippen LogP contribution in [0.1, 0.15) is 64.4 Å². The first-order valence-electron chi connectivity index (χ1n) is 11.6. The van der Waals surface area contributed by atoms with Crippen LogP contribution in [-0.2, 0) is 25.7 Å². The number of fused-ring (bicyclic) bond motifs is 2. The Morgan fingerprint density at radius 1 is 1.06 bits per heavy atom. The molecule has 6 heteroatoms. The van der Waals surface area contributed by atoms with E-state index < -0.39 is 11.4 Å². The smallest absolute Gasteiger partial charge is 0.321 e. The van der Waals surface area contributed by atoms with Gasteiger partial charge in [-0.25, -0.2) is 0 Å². The molecule has 3 aliphatic rings. The third kappa shape index (κ3) is 3.79.